The lowest BCUT2D eigenvalue weighted by Gasteiger charge is -2.41. The van der Waals surface area contributed by atoms with E-state index in [9.17, 15) is 0 Å². The van der Waals surface area contributed by atoms with Gasteiger partial charge >= 0.3 is 0 Å². The van der Waals surface area contributed by atoms with Gasteiger partial charge in [0.25, 0.3) is 0 Å². The monoisotopic (exact) mass is 267 g/mol. The normalized spacial score (nSPS) is 20.6. The maximum absolute atomic E-state index is 6.47. The van der Waals surface area contributed by atoms with Gasteiger partial charge in [0.2, 0.25) is 0 Å². The molecule has 2 nitrogen and oxygen atoms in total. The van der Waals surface area contributed by atoms with Gasteiger partial charge in [-0.25, -0.2) is 0 Å². The SMILES string of the molecule is CCOC1(C(N)c2ccc(Cl)cc2)CCCCC1. The predicted octanol–water partition coefficient (Wildman–Crippen LogP) is 4.08. The summed E-state index contributed by atoms with van der Waals surface area (Å²) in [6, 6.07) is 7.78. The molecule has 0 amide bonds. The van der Waals surface area contributed by atoms with Crippen LogP contribution >= 0.6 is 11.6 Å². The number of nitrogens with two attached hydrogens (primary N) is 1. The highest BCUT2D eigenvalue weighted by molar-refractivity contribution is 6.30. The first-order valence-corrected chi connectivity index (χ1v) is 7.21. The molecule has 0 saturated heterocycles. The minimum Gasteiger partial charge on any atom is -0.373 e. The summed E-state index contributed by atoms with van der Waals surface area (Å²) in [7, 11) is 0. The molecule has 0 aliphatic heterocycles. The lowest BCUT2D eigenvalue weighted by atomic mass is 9.77. The van der Waals surface area contributed by atoms with Gasteiger partial charge in [-0.2, -0.15) is 0 Å². The van der Waals surface area contributed by atoms with Gasteiger partial charge in [-0.1, -0.05) is 43.0 Å². The van der Waals surface area contributed by atoms with E-state index in [1.807, 2.05) is 31.2 Å². The van der Waals surface area contributed by atoms with Crippen LogP contribution in [-0.4, -0.2) is 12.2 Å². The average Bonchev–Trinajstić information content (AvgIpc) is 2.40. The zero-order valence-corrected chi connectivity index (χ0v) is 11.7. The Morgan fingerprint density at radius 2 is 1.83 bits per heavy atom. The predicted molar refractivity (Wildman–Crippen MR) is 75.8 cm³/mol. The maximum Gasteiger partial charge on any atom is 0.0874 e. The van der Waals surface area contributed by atoms with Gasteiger partial charge < -0.3 is 10.5 Å². The molecule has 0 bridgehead atoms. The van der Waals surface area contributed by atoms with E-state index >= 15 is 0 Å². The Bertz CT molecular complexity index is 365. The first-order valence-electron chi connectivity index (χ1n) is 6.83. The lowest BCUT2D eigenvalue weighted by molar-refractivity contribution is -0.0830. The minimum absolute atomic E-state index is 0.0602. The van der Waals surface area contributed by atoms with Crippen LogP contribution in [0.15, 0.2) is 24.3 Å². The second-order valence-corrected chi connectivity index (χ2v) is 5.52. The van der Waals surface area contributed by atoms with E-state index in [-0.39, 0.29) is 11.6 Å². The van der Waals surface area contributed by atoms with Crippen molar-refractivity contribution >= 4 is 11.6 Å². The Kier molecular flexibility index (Phi) is 4.66. The van der Waals surface area contributed by atoms with Crippen molar-refractivity contribution in [3.8, 4) is 0 Å². The second kappa shape index (κ2) is 6.05. The molecule has 1 aromatic carbocycles. The summed E-state index contributed by atoms with van der Waals surface area (Å²) in [5.41, 5.74) is 7.41. The van der Waals surface area contributed by atoms with Crippen molar-refractivity contribution in [3.05, 3.63) is 34.9 Å². The quantitative estimate of drug-likeness (QED) is 0.892. The van der Waals surface area contributed by atoms with Crippen molar-refractivity contribution < 1.29 is 4.74 Å². The first-order chi connectivity index (χ1) is 8.68. The molecule has 0 radical (unpaired) electrons. The molecular weight excluding hydrogens is 246 g/mol. The fourth-order valence-electron chi connectivity index (χ4n) is 2.96. The third-order valence-electron chi connectivity index (χ3n) is 3.93. The summed E-state index contributed by atoms with van der Waals surface area (Å²) in [5, 5.41) is 0.750. The Morgan fingerprint density at radius 3 is 2.39 bits per heavy atom. The van der Waals surface area contributed by atoms with Crippen molar-refractivity contribution in [2.45, 2.75) is 50.7 Å². The van der Waals surface area contributed by atoms with Crippen LogP contribution in [0.3, 0.4) is 0 Å². The maximum atomic E-state index is 6.47. The van der Waals surface area contributed by atoms with Crippen LogP contribution in [0.25, 0.3) is 0 Å². The van der Waals surface area contributed by atoms with Gasteiger partial charge in [-0.15, -0.1) is 0 Å². The topological polar surface area (TPSA) is 35.2 Å². The largest absolute Gasteiger partial charge is 0.373 e. The van der Waals surface area contributed by atoms with Crippen molar-refractivity contribution in [2.24, 2.45) is 5.73 Å². The fourth-order valence-corrected chi connectivity index (χ4v) is 3.08. The summed E-state index contributed by atoms with van der Waals surface area (Å²) in [5.74, 6) is 0. The average molecular weight is 268 g/mol. The number of halogens is 1. The highest BCUT2D eigenvalue weighted by atomic mass is 35.5. The Hall–Kier alpha value is -0.570. The van der Waals surface area contributed by atoms with Gasteiger partial charge in [0.1, 0.15) is 0 Å². The zero-order chi connectivity index (χ0) is 13.0. The standard InChI is InChI=1S/C15H22ClNO/c1-2-18-15(10-4-3-5-11-15)14(17)12-6-8-13(16)9-7-12/h6-9,14H,2-5,10-11,17H2,1H3. The summed E-state index contributed by atoms with van der Waals surface area (Å²) < 4.78 is 6.06. The molecule has 100 valence electrons. The number of hydrogen-bond donors (Lipinski definition) is 1. The van der Waals surface area contributed by atoms with E-state index in [4.69, 9.17) is 22.1 Å². The fraction of sp³-hybridized carbons (Fsp3) is 0.600. The van der Waals surface area contributed by atoms with Crippen LogP contribution in [0.2, 0.25) is 5.02 Å². The van der Waals surface area contributed by atoms with Gasteiger partial charge in [0.05, 0.1) is 11.6 Å². The summed E-state index contributed by atoms with van der Waals surface area (Å²) in [4.78, 5) is 0. The van der Waals surface area contributed by atoms with Crippen molar-refractivity contribution in [2.75, 3.05) is 6.61 Å². The molecule has 2 N–H and O–H groups in total. The first kappa shape index (κ1) is 13.9. The van der Waals surface area contributed by atoms with E-state index in [1.54, 1.807) is 0 Å². The highest BCUT2D eigenvalue weighted by Crippen LogP contribution is 2.40. The molecule has 1 atom stereocenters. The van der Waals surface area contributed by atoms with Gasteiger partial charge in [0.15, 0.2) is 0 Å². The van der Waals surface area contributed by atoms with Gasteiger partial charge in [-0.05, 0) is 37.5 Å². The van der Waals surface area contributed by atoms with Crippen LogP contribution < -0.4 is 5.73 Å². The van der Waals surface area contributed by atoms with Crippen molar-refractivity contribution in [1.82, 2.24) is 0 Å². The summed E-state index contributed by atoms with van der Waals surface area (Å²) in [6.07, 6.45) is 5.83. The number of hydrogen-bond acceptors (Lipinski definition) is 2. The molecular formula is C15H22ClNO. The van der Waals surface area contributed by atoms with E-state index < -0.39 is 0 Å². The van der Waals surface area contributed by atoms with Crippen LogP contribution in [0.5, 0.6) is 0 Å². The molecule has 0 spiro atoms. The molecule has 18 heavy (non-hydrogen) atoms. The molecule has 1 aliphatic rings. The molecule has 1 aliphatic carbocycles. The van der Waals surface area contributed by atoms with Crippen molar-refractivity contribution in [1.29, 1.82) is 0 Å². The van der Waals surface area contributed by atoms with Crippen LogP contribution in [0.1, 0.15) is 50.6 Å². The molecule has 2 rings (SSSR count). The third-order valence-corrected chi connectivity index (χ3v) is 4.18. The van der Waals surface area contributed by atoms with E-state index in [1.165, 1.54) is 19.3 Å². The van der Waals surface area contributed by atoms with Gasteiger partial charge in [0, 0.05) is 11.6 Å². The Balaban J connectivity index is 2.21. The molecule has 1 aromatic rings. The van der Waals surface area contributed by atoms with Crippen molar-refractivity contribution in [3.63, 3.8) is 0 Å². The van der Waals surface area contributed by atoms with E-state index in [0.717, 1.165) is 30.0 Å². The number of rotatable bonds is 4. The molecule has 1 unspecified atom stereocenters. The molecule has 0 heterocycles. The Morgan fingerprint density at radius 1 is 1.22 bits per heavy atom. The highest BCUT2D eigenvalue weighted by Gasteiger charge is 2.39. The zero-order valence-electron chi connectivity index (χ0n) is 11.0. The summed E-state index contributed by atoms with van der Waals surface area (Å²) >= 11 is 5.93. The molecule has 0 aromatic heterocycles. The lowest BCUT2D eigenvalue weighted by Crippen LogP contribution is -2.45. The molecule has 1 saturated carbocycles. The van der Waals surface area contributed by atoms with Crippen LogP contribution in [0.4, 0.5) is 0 Å². The third kappa shape index (κ3) is 2.87. The van der Waals surface area contributed by atoms with E-state index in [2.05, 4.69) is 0 Å². The van der Waals surface area contributed by atoms with E-state index in [0.29, 0.717) is 0 Å². The minimum atomic E-state index is -0.180. The summed E-state index contributed by atoms with van der Waals surface area (Å²) in [6.45, 7) is 2.77. The Labute approximate surface area is 114 Å². The van der Waals surface area contributed by atoms with Gasteiger partial charge in [-0.3, -0.25) is 0 Å². The van der Waals surface area contributed by atoms with Crippen LogP contribution in [-0.2, 0) is 4.74 Å². The number of benzene rings is 1. The number of ether oxygens (including phenoxy) is 1. The smallest absolute Gasteiger partial charge is 0.0874 e. The van der Waals surface area contributed by atoms with Crippen LogP contribution in [0, 0.1) is 0 Å². The second-order valence-electron chi connectivity index (χ2n) is 5.09. The molecule has 3 heteroatoms. The molecule has 1 fully saturated rings.